The van der Waals surface area contributed by atoms with Gasteiger partial charge in [-0.3, -0.25) is 0 Å². The fourth-order valence-corrected chi connectivity index (χ4v) is 2.98. The molecule has 1 aliphatic rings. The largest absolute Gasteiger partial charge is 0.506 e. The fourth-order valence-electron chi connectivity index (χ4n) is 2.31. The van der Waals surface area contributed by atoms with E-state index >= 15 is 0 Å². The number of phenolic OH excluding ortho intramolecular Hbond substituents is 1. The second kappa shape index (κ2) is 4.04. The van der Waals surface area contributed by atoms with Crippen molar-refractivity contribution in [3.63, 3.8) is 0 Å². The SMILES string of the molecule is CC(C)(O)c1cc2c(c(Br)c1O)CCCC2. The van der Waals surface area contributed by atoms with Crippen LogP contribution in [0.25, 0.3) is 0 Å². The van der Waals surface area contributed by atoms with Crippen LogP contribution in [0.2, 0.25) is 0 Å². The highest BCUT2D eigenvalue weighted by molar-refractivity contribution is 9.10. The number of rotatable bonds is 1. The third kappa shape index (κ3) is 1.98. The lowest BCUT2D eigenvalue weighted by Crippen LogP contribution is -2.17. The maximum Gasteiger partial charge on any atom is 0.136 e. The molecule has 0 aromatic heterocycles. The zero-order valence-corrected chi connectivity index (χ0v) is 11.3. The zero-order chi connectivity index (χ0) is 11.9. The van der Waals surface area contributed by atoms with Gasteiger partial charge in [-0.15, -0.1) is 0 Å². The third-order valence-corrected chi connectivity index (χ3v) is 4.07. The van der Waals surface area contributed by atoms with E-state index in [1.165, 1.54) is 24.0 Å². The summed E-state index contributed by atoms with van der Waals surface area (Å²) < 4.78 is 0.766. The number of fused-ring (bicyclic) bond motifs is 1. The number of aromatic hydroxyl groups is 1. The zero-order valence-electron chi connectivity index (χ0n) is 9.68. The molecule has 1 aliphatic carbocycles. The van der Waals surface area contributed by atoms with E-state index in [1.807, 2.05) is 6.07 Å². The Hall–Kier alpha value is -0.540. The number of aliphatic hydroxyl groups is 1. The Balaban J connectivity index is 2.62. The molecule has 2 nitrogen and oxygen atoms in total. The summed E-state index contributed by atoms with van der Waals surface area (Å²) in [5.41, 5.74) is 2.07. The van der Waals surface area contributed by atoms with E-state index in [9.17, 15) is 10.2 Å². The molecule has 0 saturated carbocycles. The molecule has 0 atom stereocenters. The predicted molar refractivity (Wildman–Crippen MR) is 67.7 cm³/mol. The lowest BCUT2D eigenvalue weighted by Gasteiger charge is -2.25. The van der Waals surface area contributed by atoms with E-state index in [0.29, 0.717) is 5.56 Å². The van der Waals surface area contributed by atoms with E-state index < -0.39 is 5.60 Å². The first-order chi connectivity index (χ1) is 7.41. The van der Waals surface area contributed by atoms with Gasteiger partial charge in [-0.25, -0.2) is 0 Å². The van der Waals surface area contributed by atoms with Crippen LogP contribution in [-0.4, -0.2) is 10.2 Å². The molecule has 0 fully saturated rings. The van der Waals surface area contributed by atoms with Crippen molar-refractivity contribution in [1.82, 2.24) is 0 Å². The molecule has 16 heavy (non-hydrogen) atoms. The van der Waals surface area contributed by atoms with Gasteiger partial charge in [0.25, 0.3) is 0 Å². The minimum absolute atomic E-state index is 0.188. The maximum atomic E-state index is 10.1. The number of hydrogen-bond donors (Lipinski definition) is 2. The lowest BCUT2D eigenvalue weighted by molar-refractivity contribution is 0.0755. The van der Waals surface area contributed by atoms with Crippen LogP contribution >= 0.6 is 15.9 Å². The van der Waals surface area contributed by atoms with E-state index in [4.69, 9.17) is 0 Å². The molecule has 0 unspecified atom stereocenters. The Morgan fingerprint density at radius 2 is 1.88 bits per heavy atom. The Morgan fingerprint density at radius 1 is 1.25 bits per heavy atom. The molecule has 2 rings (SSSR count). The molecule has 88 valence electrons. The highest BCUT2D eigenvalue weighted by atomic mass is 79.9. The first kappa shape index (κ1) is 11.9. The maximum absolute atomic E-state index is 10.1. The molecule has 3 heteroatoms. The molecule has 0 aliphatic heterocycles. The van der Waals surface area contributed by atoms with E-state index in [0.717, 1.165) is 17.3 Å². The van der Waals surface area contributed by atoms with E-state index in [-0.39, 0.29) is 5.75 Å². The van der Waals surface area contributed by atoms with Crippen LogP contribution in [0.15, 0.2) is 10.5 Å². The Morgan fingerprint density at radius 3 is 2.50 bits per heavy atom. The average molecular weight is 285 g/mol. The van der Waals surface area contributed by atoms with Gasteiger partial charge in [0.15, 0.2) is 0 Å². The Kier molecular flexibility index (Phi) is 3.01. The summed E-state index contributed by atoms with van der Waals surface area (Å²) in [6, 6.07) is 1.95. The highest BCUT2D eigenvalue weighted by Crippen LogP contribution is 2.41. The molecule has 0 radical (unpaired) electrons. The quantitative estimate of drug-likeness (QED) is 0.831. The second-order valence-corrected chi connectivity index (χ2v) is 5.78. The fraction of sp³-hybridized carbons (Fsp3) is 0.538. The number of hydrogen-bond acceptors (Lipinski definition) is 2. The molecule has 0 spiro atoms. The summed E-state index contributed by atoms with van der Waals surface area (Å²) in [4.78, 5) is 0. The smallest absolute Gasteiger partial charge is 0.136 e. The van der Waals surface area contributed by atoms with Crippen molar-refractivity contribution in [2.45, 2.75) is 45.1 Å². The molecule has 1 aromatic carbocycles. The van der Waals surface area contributed by atoms with Gasteiger partial charge in [-0.2, -0.15) is 0 Å². The van der Waals surface area contributed by atoms with Crippen LogP contribution in [0.3, 0.4) is 0 Å². The van der Waals surface area contributed by atoms with Gasteiger partial charge < -0.3 is 10.2 Å². The van der Waals surface area contributed by atoms with Crippen LogP contribution in [0.4, 0.5) is 0 Å². The van der Waals surface area contributed by atoms with Gasteiger partial charge in [0.2, 0.25) is 0 Å². The normalized spacial score (nSPS) is 16.0. The van der Waals surface area contributed by atoms with Gasteiger partial charge in [0.05, 0.1) is 10.1 Å². The predicted octanol–water partition coefficient (Wildman–Crippen LogP) is 3.26. The number of aryl methyl sites for hydroxylation is 1. The van der Waals surface area contributed by atoms with Crippen molar-refractivity contribution in [1.29, 1.82) is 0 Å². The van der Waals surface area contributed by atoms with Crippen LogP contribution in [0.5, 0.6) is 5.75 Å². The van der Waals surface area contributed by atoms with Crippen molar-refractivity contribution < 1.29 is 10.2 Å². The average Bonchev–Trinajstić information content (AvgIpc) is 2.22. The lowest BCUT2D eigenvalue weighted by atomic mass is 9.86. The highest BCUT2D eigenvalue weighted by Gasteiger charge is 2.26. The van der Waals surface area contributed by atoms with Crippen molar-refractivity contribution in [2.75, 3.05) is 0 Å². The summed E-state index contributed by atoms with van der Waals surface area (Å²) in [7, 11) is 0. The molecular weight excluding hydrogens is 268 g/mol. The third-order valence-electron chi connectivity index (χ3n) is 3.22. The van der Waals surface area contributed by atoms with Crippen molar-refractivity contribution in [3.05, 3.63) is 27.2 Å². The number of benzene rings is 1. The molecule has 0 saturated heterocycles. The molecular formula is C13H17BrO2. The van der Waals surface area contributed by atoms with Gasteiger partial charge in [0.1, 0.15) is 5.75 Å². The summed E-state index contributed by atoms with van der Waals surface area (Å²) in [6.07, 6.45) is 4.41. The van der Waals surface area contributed by atoms with E-state index in [1.54, 1.807) is 13.8 Å². The van der Waals surface area contributed by atoms with Gasteiger partial charge in [-0.1, -0.05) is 0 Å². The van der Waals surface area contributed by atoms with Crippen LogP contribution in [-0.2, 0) is 18.4 Å². The first-order valence-electron chi connectivity index (χ1n) is 5.67. The number of phenols is 1. The van der Waals surface area contributed by atoms with Crippen LogP contribution < -0.4 is 0 Å². The summed E-state index contributed by atoms with van der Waals surface area (Å²) in [5, 5.41) is 20.1. The standard InChI is InChI=1S/C13H17BrO2/c1-13(2,16)10-7-8-5-3-4-6-9(8)11(14)12(10)15/h7,15-16H,3-6H2,1-2H3. The molecule has 0 amide bonds. The summed E-state index contributed by atoms with van der Waals surface area (Å²) >= 11 is 3.45. The topological polar surface area (TPSA) is 40.5 Å². The van der Waals surface area contributed by atoms with Crippen LogP contribution in [0, 0.1) is 0 Å². The minimum atomic E-state index is -1.00. The molecule has 1 aromatic rings. The van der Waals surface area contributed by atoms with Crippen molar-refractivity contribution in [2.24, 2.45) is 0 Å². The first-order valence-corrected chi connectivity index (χ1v) is 6.46. The minimum Gasteiger partial charge on any atom is -0.506 e. The van der Waals surface area contributed by atoms with Crippen molar-refractivity contribution >= 4 is 15.9 Å². The summed E-state index contributed by atoms with van der Waals surface area (Å²) in [5.74, 6) is 0.188. The second-order valence-electron chi connectivity index (χ2n) is 4.99. The monoisotopic (exact) mass is 284 g/mol. The van der Waals surface area contributed by atoms with Gasteiger partial charge >= 0.3 is 0 Å². The van der Waals surface area contributed by atoms with E-state index in [2.05, 4.69) is 15.9 Å². The van der Waals surface area contributed by atoms with Gasteiger partial charge in [-0.05, 0) is 72.7 Å². The van der Waals surface area contributed by atoms with Crippen molar-refractivity contribution in [3.8, 4) is 5.75 Å². The molecule has 2 N–H and O–H groups in total. The van der Waals surface area contributed by atoms with Gasteiger partial charge in [0, 0.05) is 5.56 Å². The number of halogens is 1. The molecule has 0 heterocycles. The molecule has 0 bridgehead atoms. The Labute approximate surface area is 104 Å². The van der Waals surface area contributed by atoms with Crippen LogP contribution in [0.1, 0.15) is 43.4 Å². The Bertz CT molecular complexity index is 419. The summed E-state index contributed by atoms with van der Waals surface area (Å²) in [6.45, 7) is 3.40.